The molecule has 0 radical (unpaired) electrons. The molecule has 0 atom stereocenters. The summed E-state index contributed by atoms with van der Waals surface area (Å²) in [5.74, 6) is 0. The van der Waals surface area contributed by atoms with Crippen LogP contribution in [-0.2, 0) is 6.54 Å². The van der Waals surface area contributed by atoms with Crippen molar-refractivity contribution in [1.82, 2.24) is 0 Å². The maximum atomic E-state index is 10.6. The van der Waals surface area contributed by atoms with Gasteiger partial charge in [0.1, 0.15) is 0 Å². The van der Waals surface area contributed by atoms with Crippen molar-refractivity contribution in [3.63, 3.8) is 0 Å². The average Bonchev–Trinajstić information content (AvgIpc) is 2.87. The fraction of sp³-hybridized carbons (Fsp3) is 0.182. The number of anilines is 1. The standard InChI is InChI=1S/C11H10ClNOS2/c1-13(6-8-2-4-10(12)15-8)11-5-3-9(7-14)16-11/h2-5,7H,6H2,1H3. The van der Waals surface area contributed by atoms with Gasteiger partial charge in [0.05, 0.1) is 20.8 Å². The zero-order valence-electron chi connectivity index (χ0n) is 8.64. The van der Waals surface area contributed by atoms with E-state index < -0.39 is 0 Å². The summed E-state index contributed by atoms with van der Waals surface area (Å²) in [6.07, 6.45) is 0.879. The molecule has 84 valence electrons. The number of hydrogen-bond acceptors (Lipinski definition) is 4. The van der Waals surface area contributed by atoms with Gasteiger partial charge < -0.3 is 4.90 Å². The molecule has 0 aliphatic carbocycles. The summed E-state index contributed by atoms with van der Waals surface area (Å²) in [7, 11) is 2.01. The van der Waals surface area contributed by atoms with Crippen molar-refractivity contribution in [3.8, 4) is 0 Å². The number of hydrogen-bond donors (Lipinski definition) is 0. The summed E-state index contributed by atoms with van der Waals surface area (Å²) in [5, 5.41) is 1.09. The second kappa shape index (κ2) is 4.99. The predicted molar refractivity (Wildman–Crippen MR) is 71.1 cm³/mol. The molecule has 5 heteroatoms. The monoisotopic (exact) mass is 271 g/mol. The van der Waals surface area contributed by atoms with Gasteiger partial charge in [0.15, 0.2) is 6.29 Å². The van der Waals surface area contributed by atoms with Crippen LogP contribution >= 0.6 is 34.3 Å². The zero-order valence-corrected chi connectivity index (χ0v) is 11.0. The molecule has 0 spiro atoms. The first-order valence-corrected chi connectivity index (χ1v) is 6.70. The molecule has 0 saturated carbocycles. The third kappa shape index (κ3) is 2.64. The molecule has 0 aliphatic rings. The quantitative estimate of drug-likeness (QED) is 0.786. The summed E-state index contributed by atoms with van der Waals surface area (Å²) < 4.78 is 0.808. The second-order valence-corrected chi connectivity index (χ2v) is 6.25. The number of carbonyl (C=O) groups excluding carboxylic acids is 1. The maximum Gasteiger partial charge on any atom is 0.160 e. The zero-order chi connectivity index (χ0) is 11.5. The van der Waals surface area contributed by atoms with E-state index in [0.29, 0.717) is 0 Å². The molecule has 0 saturated heterocycles. The molecule has 16 heavy (non-hydrogen) atoms. The lowest BCUT2D eigenvalue weighted by Crippen LogP contribution is -2.13. The summed E-state index contributed by atoms with van der Waals surface area (Å²) in [6, 6.07) is 7.73. The number of halogens is 1. The van der Waals surface area contributed by atoms with E-state index in [-0.39, 0.29) is 0 Å². The Hall–Kier alpha value is -0.840. The summed E-state index contributed by atoms with van der Waals surface area (Å²) in [4.78, 5) is 14.7. The van der Waals surface area contributed by atoms with Gasteiger partial charge in [0.2, 0.25) is 0 Å². The van der Waals surface area contributed by atoms with Gasteiger partial charge in [-0.1, -0.05) is 11.6 Å². The lowest BCUT2D eigenvalue weighted by atomic mass is 10.4. The fourth-order valence-electron chi connectivity index (χ4n) is 1.36. The Morgan fingerprint density at radius 3 is 2.69 bits per heavy atom. The number of thiophene rings is 2. The predicted octanol–water partition coefficient (Wildman–Crippen LogP) is 3.91. The number of carbonyl (C=O) groups is 1. The maximum absolute atomic E-state index is 10.6. The largest absolute Gasteiger partial charge is 0.361 e. The van der Waals surface area contributed by atoms with Crippen molar-refractivity contribution in [1.29, 1.82) is 0 Å². The summed E-state index contributed by atoms with van der Waals surface area (Å²) in [6.45, 7) is 0.816. The van der Waals surface area contributed by atoms with Gasteiger partial charge in [-0.3, -0.25) is 4.79 Å². The molecular weight excluding hydrogens is 262 g/mol. The Kier molecular flexibility index (Phi) is 3.63. The van der Waals surface area contributed by atoms with E-state index in [4.69, 9.17) is 11.6 Å². The van der Waals surface area contributed by atoms with E-state index in [0.717, 1.165) is 27.0 Å². The lowest BCUT2D eigenvalue weighted by molar-refractivity contribution is 0.112. The Morgan fingerprint density at radius 1 is 1.31 bits per heavy atom. The highest BCUT2D eigenvalue weighted by molar-refractivity contribution is 7.17. The van der Waals surface area contributed by atoms with Gasteiger partial charge in [-0.05, 0) is 24.3 Å². The third-order valence-electron chi connectivity index (χ3n) is 2.13. The Labute approximate surface area is 107 Å². The Morgan fingerprint density at radius 2 is 2.12 bits per heavy atom. The van der Waals surface area contributed by atoms with Crippen LogP contribution in [-0.4, -0.2) is 13.3 Å². The van der Waals surface area contributed by atoms with Crippen LogP contribution in [0.2, 0.25) is 4.34 Å². The van der Waals surface area contributed by atoms with E-state index in [2.05, 4.69) is 4.90 Å². The van der Waals surface area contributed by atoms with Gasteiger partial charge in [0.25, 0.3) is 0 Å². The van der Waals surface area contributed by atoms with E-state index >= 15 is 0 Å². The lowest BCUT2D eigenvalue weighted by Gasteiger charge is -2.15. The molecule has 2 aromatic rings. The van der Waals surface area contributed by atoms with Gasteiger partial charge in [-0.15, -0.1) is 22.7 Å². The second-order valence-electron chi connectivity index (χ2n) is 3.36. The molecule has 0 unspecified atom stereocenters. The molecule has 2 aromatic heterocycles. The van der Waals surface area contributed by atoms with E-state index in [9.17, 15) is 4.79 Å². The van der Waals surface area contributed by atoms with Crippen LogP contribution in [0.1, 0.15) is 14.5 Å². The van der Waals surface area contributed by atoms with Crippen LogP contribution in [0.5, 0.6) is 0 Å². The van der Waals surface area contributed by atoms with Crippen LogP contribution in [0.3, 0.4) is 0 Å². The minimum atomic E-state index is 0.756. The SMILES string of the molecule is CN(Cc1ccc(Cl)s1)c1ccc(C=O)s1. The van der Waals surface area contributed by atoms with Gasteiger partial charge >= 0.3 is 0 Å². The molecule has 2 heterocycles. The van der Waals surface area contributed by atoms with Gasteiger partial charge in [0, 0.05) is 11.9 Å². The van der Waals surface area contributed by atoms with Crippen LogP contribution in [0.25, 0.3) is 0 Å². The van der Waals surface area contributed by atoms with Crippen LogP contribution in [0.4, 0.5) is 5.00 Å². The van der Waals surface area contributed by atoms with Crippen molar-refractivity contribution in [2.24, 2.45) is 0 Å². The highest BCUT2D eigenvalue weighted by Gasteiger charge is 2.07. The van der Waals surface area contributed by atoms with Crippen molar-refractivity contribution in [2.75, 3.05) is 11.9 Å². The molecule has 0 aromatic carbocycles. The Bertz CT molecular complexity index is 492. The van der Waals surface area contributed by atoms with E-state index in [1.807, 2.05) is 31.3 Å². The molecule has 0 bridgehead atoms. The third-order valence-corrected chi connectivity index (χ3v) is 4.47. The minimum Gasteiger partial charge on any atom is -0.361 e. The molecule has 2 rings (SSSR count). The van der Waals surface area contributed by atoms with Crippen molar-refractivity contribution >= 4 is 45.6 Å². The number of nitrogens with zero attached hydrogens (tertiary/aromatic N) is 1. The molecule has 0 aliphatic heterocycles. The van der Waals surface area contributed by atoms with Gasteiger partial charge in [-0.25, -0.2) is 0 Å². The average molecular weight is 272 g/mol. The topological polar surface area (TPSA) is 20.3 Å². The molecule has 0 N–H and O–H groups in total. The van der Waals surface area contributed by atoms with Crippen LogP contribution in [0, 0.1) is 0 Å². The van der Waals surface area contributed by atoms with Gasteiger partial charge in [-0.2, -0.15) is 0 Å². The molecule has 2 nitrogen and oxygen atoms in total. The highest BCUT2D eigenvalue weighted by atomic mass is 35.5. The fourth-order valence-corrected chi connectivity index (χ4v) is 3.28. The number of rotatable bonds is 4. The highest BCUT2D eigenvalue weighted by Crippen LogP contribution is 2.28. The molecular formula is C11H10ClNOS2. The number of aldehydes is 1. The summed E-state index contributed by atoms with van der Waals surface area (Å²) in [5.41, 5.74) is 0. The Balaban J connectivity index is 2.07. The smallest absolute Gasteiger partial charge is 0.160 e. The molecule has 0 amide bonds. The molecule has 0 fully saturated rings. The normalized spacial score (nSPS) is 10.4. The van der Waals surface area contributed by atoms with Crippen molar-refractivity contribution in [2.45, 2.75) is 6.54 Å². The first-order chi connectivity index (χ1) is 7.69. The van der Waals surface area contributed by atoms with Crippen LogP contribution < -0.4 is 4.90 Å². The van der Waals surface area contributed by atoms with Crippen molar-refractivity contribution < 1.29 is 4.79 Å². The van der Waals surface area contributed by atoms with Crippen LogP contribution in [0.15, 0.2) is 24.3 Å². The van der Waals surface area contributed by atoms with E-state index in [1.165, 1.54) is 16.2 Å². The van der Waals surface area contributed by atoms with E-state index in [1.54, 1.807) is 11.3 Å². The first-order valence-electron chi connectivity index (χ1n) is 4.69. The minimum absolute atomic E-state index is 0.756. The summed E-state index contributed by atoms with van der Waals surface area (Å²) >= 11 is 8.95. The first kappa shape index (κ1) is 11.6. The van der Waals surface area contributed by atoms with Crippen molar-refractivity contribution in [3.05, 3.63) is 38.4 Å².